The van der Waals surface area contributed by atoms with Crippen molar-refractivity contribution in [2.75, 3.05) is 26.1 Å². The Morgan fingerprint density at radius 1 is 1.43 bits per heavy atom. The predicted molar refractivity (Wildman–Crippen MR) is 77.0 cm³/mol. The summed E-state index contributed by atoms with van der Waals surface area (Å²) in [4.78, 5) is 10.7. The lowest BCUT2D eigenvalue weighted by Gasteiger charge is -2.07. The van der Waals surface area contributed by atoms with Gasteiger partial charge in [-0.1, -0.05) is 6.07 Å². The van der Waals surface area contributed by atoms with E-state index in [2.05, 4.69) is 10.4 Å². The van der Waals surface area contributed by atoms with Gasteiger partial charge in [-0.2, -0.15) is 5.10 Å². The summed E-state index contributed by atoms with van der Waals surface area (Å²) < 4.78 is 11.7. The lowest BCUT2D eigenvalue weighted by atomic mass is 10.2. The number of benzene rings is 1. The minimum atomic E-state index is -0.476. The van der Waals surface area contributed by atoms with Gasteiger partial charge in [0.25, 0.3) is 0 Å². The Morgan fingerprint density at radius 3 is 2.90 bits per heavy atom. The summed E-state index contributed by atoms with van der Waals surface area (Å²) in [6.45, 7) is 1.15. The van der Waals surface area contributed by atoms with Gasteiger partial charge in [0.15, 0.2) is 5.75 Å². The van der Waals surface area contributed by atoms with Crippen LogP contribution in [0.25, 0.3) is 0 Å². The van der Waals surface area contributed by atoms with E-state index in [1.807, 2.05) is 0 Å². The molecule has 8 heteroatoms. The molecule has 1 aromatic carbocycles. The van der Waals surface area contributed by atoms with Gasteiger partial charge in [0, 0.05) is 13.3 Å². The van der Waals surface area contributed by atoms with Gasteiger partial charge < -0.3 is 14.8 Å². The summed E-state index contributed by atoms with van der Waals surface area (Å²) in [5.41, 5.74) is 0.901. The number of rotatable bonds is 7. The minimum Gasteiger partial charge on any atom is -0.490 e. The molecular weight excluding hydrogens is 276 g/mol. The Kier molecular flexibility index (Phi) is 4.72. The van der Waals surface area contributed by atoms with Crippen LogP contribution >= 0.6 is 0 Å². The van der Waals surface area contributed by atoms with E-state index in [4.69, 9.17) is 9.47 Å². The zero-order valence-electron chi connectivity index (χ0n) is 11.8. The Balaban J connectivity index is 2.23. The molecule has 1 N–H and O–H groups in total. The van der Waals surface area contributed by atoms with Crippen LogP contribution < -0.4 is 10.1 Å². The highest BCUT2D eigenvalue weighted by Gasteiger charge is 2.20. The van der Waals surface area contributed by atoms with Crippen molar-refractivity contribution in [3.05, 3.63) is 40.7 Å². The van der Waals surface area contributed by atoms with Crippen LogP contribution in [0.4, 0.5) is 17.1 Å². The van der Waals surface area contributed by atoms with Crippen molar-refractivity contribution in [1.82, 2.24) is 9.78 Å². The molecule has 0 saturated carbocycles. The van der Waals surface area contributed by atoms with E-state index in [1.54, 1.807) is 42.4 Å². The van der Waals surface area contributed by atoms with Crippen LogP contribution in [0.1, 0.15) is 0 Å². The van der Waals surface area contributed by atoms with Crippen molar-refractivity contribution >= 4 is 17.1 Å². The molecule has 0 saturated heterocycles. The molecule has 112 valence electrons. The second kappa shape index (κ2) is 6.71. The van der Waals surface area contributed by atoms with E-state index in [0.29, 0.717) is 24.5 Å². The third-order valence-electron chi connectivity index (χ3n) is 2.84. The van der Waals surface area contributed by atoms with E-state index in [1.165, 1.54) is 7.11 Å². The first-order chi connectivity index (χ1) is 10.2. The van der Waals surface area contributed by atoms with Crippen molar-refractivity contribution in [3.8, 4) is 5.75 Å². The third-order valence-corrected chi connectivity index (χ3v) is 2.84. The number of anilines is 2. The number of methoxy groups -OCH3 is 2. The maximum atomic E-state index is 11.2. The normalized spacial score (nSPS) is 10.4. The predicted octanol–water partition coefficient (Wildman–Crippen LogP) is 2.19. The van der Waals surface area contributed by atoms with Crippen molar-refractivity contribution in [2.45, 2.75) is 6.54 Å². The molecule has 0 aliphatic rings. The van der Waals surface area contributed by atoms with Crippen LogP contribution in [0.5, 0.6) is 5.75 Å². The molecule has 0 aliphatic heterocycles. The number of ether oxygens (including phenoxy) is 2. The average molecular weight is 292 g/mol. The number of nitrogens with zero attached hydrogens (tertiary/aromatic N) is 3. The quantitative estimate of drug-likeness (QED) is 0.621. The molecule has 0 aliphatic carbocycles. The van der Waals surface area contributed by atoms with Crippen LogP contribution in [-0.2, 0) is 11.3 Å². The first-order valence-electron chi connectivity index (χ1n) is 6.25. The maximum Gasteiger partial charge on any atom is 0.334 e. The van der Waals surface area contributed by atoms with Gasteiger partial charge in [-0.15, -0.1) is 0 Å². The second-order valence-corrected chi connectivity index (χ2v) is 4.22. The van der Waals surface area contributed by atoms with Crippen molar-refractivity contribution in [3.63, 3.8) is 0 Å². The summed E-state index contributed by atoms with van der Waals surface area (Å²) in [7, 11) is 3.01. The first kappa shape index (κ1) is 14.8. The van der Waals surface area contributed by atoms with Gasteiger partial charge in [-0.25, -0.2) is 0 Å². The minimum absolute atomic E-state index is 0.107. The SMILES string of the molecule is COCCn1cc(Nc2cccc(OC)c2[N+](=O)[O-])cn1. The highest BCUT2D eigenvalue weighted by molar-refractivity contribution is 5.73. The fraction of sp³-hybridized carbons (Fsp3) is 0.308. The molecular formula is C13H16N4O4. The molecule has 0 amide bonds. The van der Waals surface area contributed by atoms with Crippen LogP contribution in [-0.4, -0.2) is 35.5 Å². The highest BCUT2D eigenvalue weighted by Crippen LogP contribution is 2.35. The van der Waals surface area contributed by atoms with Gasteiger partial charge in [-0.3, -0.25) is 14.8 Å². The third kappa shape index (κ3) is 3.48. The van der Waals surface area contributed by atoms with E-state index < -0.39 is 4.92 Å². The number of hydrogen-bond acceptors (Lipinski definition) is 6. The van der Waals surface area contributed by atoms with E-state index in [-0.39, 0.29) is 11.4 Å². The van der Waals surface area contributed by atoms with Gasteiger partial charge >= 0.3 is 5.69 Å². The summed E-state index contributed by atoms with van der Waals surface area (Å²) in [5, 5.41) is 18.3. The van der Waals surface area contributed by atoms with Crippen molar-refractivity contribution in [2.24, 2.45) is 0 Å². The molecule has 21 heavy (non-hydrogen) atoms. The smallest absolute Gasteiger partial charge is 0.334 e. The number of nitro groups is 1. The number of hydrogen-bond donors (Lipinski definition) is 1. The van der Waals surface area contributed by atoms with E-state index >= 15 is 0 Å². The number of aromatic nitrogens is 2. The Labute approximate surface area is 121 Å². The van der Waals surface area contributed by atoms with Crippen LogP contribution in [0.15, 0.2) is 30.6 Å². The molecule has 0 bridgehead atoms. The largest absolute Gasteiger partial charge is 0.490 e. The van der Waals surface area contributed by atoms with Crippen LogP contribution in [0.2, 0.25) is 0 Å². The molecule has 2 aromatic rings. The maximum absolute atomic E-state index is 11.2. The molecule has 0 spiro atoms. The standard InChI is InChI=1S/C13H16N4O4/c1-20-7-6-16-9-10(8-14-16)15-11-4-3-5-12(21-2)13(11)17(18)19/h3-5,8-9,15H,6-7H2,1-2H3. The summed E-state index contributed by atoms with van der Waals surface area (Å²) in [6.07, 6.45) is 3.35. The van der Waals surface area contributed by atoms with Gasteiger partial charge in [-0.05, 0) is 12.1 Å². The van der Waals surface area contributed by atoms with Gasteiger partial charge in [0.2, 0.25) is 0 Å². The van der Waals surface area contributed by atoms with Crippen molar-refractivity contribution < 1.29 is 14.4 Å². The zero-order valence-corrected chi connectivity index (χ0v) is 11.8. The molecule has 0 atom stereocenters. The Bertz CT molecular complexity index is 626. The molecule has 0 unspecified atom stereocenters. The monoisotopic (exact) mass is 292 g/mol. The highest BCUT2D eigenvalue weighted by atomic mass is 16.6. The molecule has 2 rings (SSSR count). The van der Waals surface area contributed by atoms with Gasteiger partial charge in [0.1, 0.15) is 5.69 Å². The number of para-hydroxylation sites is 1. The summed E-state index contributed by atoms with van der Waals surface area (Å²) >= 11 is 0. The second-order valence-electron chi connectivity index (χ2n) is 4.22. The topological polar surface area (TPSA) is 91.5 Å². The molecule has 8 nitrogen and oxygen atoms in total. The summed E-state index contributed by atoms with van der Waals surface area (Å²) in [6, 6.07) is 4.85. The fourth-order valence-corrected chi connectivity index (χ4v) is 1.87. The first-order valence-corrected chi connectivity index (χ1v) is 6.25. The molecule has 1 aromatic heterocycles. The average Bonchev–Trinajstić information content (AvgIpc) is 2.92. The lowest BCUT2D eigenvalue weighted by Crippen LogP contribution is -2.04. The zero-order chi connectivity index (χ0) is 15.2. The van der Waals surface area contributed by atoms with E-state index in [0.717, 1.165) is 0 Å². The lowest BCUT2D eigenvalue weighted by molar-refractivity contribution is -0.384. The van der Waals surface area contributed by atoms with Crippen molar-refractivity contribution in [1.29, 1.82) is 0 Å². The van der Waals surface area contributed by atoms with E-state index in [9.17, 15) is 10.1 Å². The summed E-state index contributed by atoms with van der Waals surface area (Å²) in [5.74, 6) is 0.205. The molecule has 0 radical (unpaired) electrons. The molecule has 0 fully saturated rings. The molecule has 1 heterocycles. The number of nitro benzene ring substituents is 1. The van der Waals surface area contributed by atoms with Gasteiger partial charge in [0.05, 0.1) is 37.1 Å². The Morgan fingerprint density at radius 2 is 2.24 bits per heavy atom. The number of nitrogens with one attached hydrogen (secondary N) is 1. The fourth-order valence-electron chi connectivity index (χ4n) is 1.87. The van der Waals surface area contributed by atoms with Crippen LogP contribution in [0.3, 0.4) is 0 Å². The van der Waals surface area contributed by atoms with Crippen LogP contribution in [0, 0.1) is 10.1 Å². The Hall–Kier alpha value is -2.61.